The Morgan fingerprint density at radius 3 is 1.12 bits per heavy atom. The Morgan fingerprint density at radius 1 is 0.345 bits per heavy atom. The summed E-state index contributed by atoms with van der Waals surface area (Å²) < 4.78 is 49.7. The summed E-state index contributed by atoms with van der Waals surface area (Å²) in [6.07, 6.45) is 0. The zero-order chi connectivity index (χ0) is 59.1. The highest BCUT2D eigenvalue weighted by Gasteiger charge is 2.64. The largest absolute Gasteiger partial charge is 0.495 e. The molecule has 14 heteroatoms. The number of rotatable bonds is 2. The zero-order valence-electron chi connectivity index (χ0n) is 49.4. The molecule has 3 saturated heterocycles. The van der Waals surface area contributed by atoms with Crippen LogP contribution in [-0.4, -0.2) is 54.7 Å². The maximum absolute atomic E-state index is 9.99. The summed E-state index contributed by atoms with van der Waals surface area (Å²) in [5.41, 5.74) is 11.7. The first-order valence-electron chi connectivity index (χ1n) is 28.7. The number of fused-ring (bicyclic) bond motifs is 18. The van der Waals surface area contributed by atoms with Gasteiger partial charge >= 0.3 is 21.1 Å². The van der Waals surface area contributed by atoms with Gasteiger partial charge in [0.05, 0.1) is 55.6 Å². The topological polar surface area (TPSA) is 121 Å². The molecule has 8 aromatic rings. The Morgan fingerprint density at radius 2 is 0.679 bits per heavy atom. The lowest BCUT2D eigenvalue weighted by molar-refractivity contribution is 0.00578. The zero-order valence-corrected chi connectivity index (χ0v) is 50.2. The van der Waals surface area contributed by atoms with E-state index in [-0.39, 0.29) is 22.4 Å². The highest BCUT2D eigenvalue weighted by molar-refractivity contribution is 7.11. The first kappa shape index (κ1) is 55.8. The standard InChI is InChI=1S/C32H26BNO3.C26H14ClNO.C12H24B2O4/c1-30(2)31(3,4)37-33(36-30)26-17-10-15-24-28(26)21-12-5-6-13-22(21)32(24)23-14-7-8-18-27(23)35-29-20(19-34)11-9-16-25(29)32;27-22-13-6-11-20-24(22)17-8-1-2-9-18(17)26(20)19-10-3-4-14-23(19)29-25-16(15-28)7-5-12-21(25)26;1-9(2)10(3,4)16-13(15-9)14-17-11(5,6)12(7,8)18-14/h5-18H,1-4H3;1-14H;1-8H3. The van der Waals surface area contributed by atoms with E-state index in [4.69, 9.17) is 49.0 Å². The summed E-state index contributed by atoms with van der Waals surface area (Å²) in [4.78, 5) is 0. The van der Waals surface area contributed by atoms with Crippen LogP contribution in [0.2, 0.25) is 5.02 Å². The van der Waals surface area contributed by atoms with Crippen LogP contribution in [0.1, 0.15) is 139 Å². The molecule has 2 spiro atoms. The van der Waals surface area contributed by atoms with Crippen molar-refractivity contribution in [2.45, 2.75) is 128 Å². The third-order valence-electron chi connectivity index (χ3n) is 19.5. The number of hydrogen-bond donors (Lipinski definition) is 0. The van der Waals surface area contributed by atoms with Crippen LogP contribution < -0.4 is 14.9 Å². The minimum atomic E-state index is -0.636. The number of hydrogen-bond acceptors (Lipinski definition) is 10. The van der Waals surface area contributed by atoms with Gasteiger partial charge in [-0.15, -0.1) is 0 Å². The molecule has 0 N–H and O–H groups in total. The molecule has 3 fully saturated rings. The average molecular weight is 1130 g/mol. The lowest BCUT2D eigenvalue weighted by Gasteiger charge is -2.39. The second kappa shape index (κ2) is 19.3. The predicted octanol–water partition coefficient (Wildman–Crippen LogP) is 15.3. The van der Waals surface area contributed by atoms with Crippen molar-refractivity contribution in [2.24, 2.45) is 0 Å². The van der Waals surface area contributed by atoms with Crippen LogP contribution in [0, 0.1) is 22.7 Å². The van der Waals surface area contributed by atoms with Gasteiger partial charge in [0.15, 0.2) is 0 Å². The van der Waals surface area contributed by atoms with Crippen LogP contribution in [-0.2, 0) is 38.8 Å². The van der Waals surface area contributed by atoms with Crippen molar-refractivity contribution in [3.8, 4) is 57.4 Å². The first-order chi connectivity index (χ1) is 39.9. The van der Waals surface area contributed by atoms with Gasteiger partial charge in [0.2, 0.25) is 0 Å². The van der Waals surface area contributed by atoms with Crippen molar-refractivity contribution in [2.75, 3.05) is 0 Å². The molecule has 8 aromatic carbocycles. The molecule has 418 valence electrons. The molecular formula is C70H64B3ClN2O8. The summed E-state index contributed by atoms with van der Waals surface area (Å²) in [5.74, 6) is 2.77. The number of benzene rings is 8. The molecule has 5 aliphatic heterocycles. The molecule has 2 atom stereocenters. The van der Waals surface area contributed by atoms with E-state index < -0.39 is 43.2 Å². The quantitative estimate of drug-likeness (QED) is 0.155. The third-order valence-corrected chi connectivity index (χ3v) is 19.8. The van der Waals surface area contributed by atoms with E-state index in [0.717, 1.165) is 83.2 Å². The summed E-state index contributed by atoms with van der Waals surface area (Å²) in [7, 11) is -1.45. The van der Waals surface area contributed by atoms with Gasteiger partial charge in [0, 0.05) is 32.8 Å². The smallest absolute Gasteiger partial charge is 0.455 e. The van der Waals surface area contributed by atoms with Crippen molar-refractivity contribution in [3.05, 3.63) is 231 Å². The summed E-state index contributed by atoms with van der Waals surface area (Å²) in [6, 6.07) is 62.1. The van der Waals surface area contributed by atoms with E-state index in [9.17, 15) is 10.5 Å². The van der Waals surface area contributed by atoms with E-state index in [2.05, 4.69) is 137 Å². The van der Waals surface area contributed by atoms with Crippen molar-refractivity contribution in [1.82, 2.24) is 0 Å². The summed E-state index contributed by atoms with van der Waals surface area (Å²) >= 11 is 6.73. The van der Waals surface area contributed by atoms with Gasteiger partial charge in [-0.2, -0.15) is 10.5 Å². The molecule has 15 rings (SSSR count). The Balaban J connectivity index is 0.000000125. The second-order valence-corrected chi connectivity index (χ2v) is 26.1. The number of nitriles is 2. The maximum Gasteiger partial charge on any atom is 0.495 e. The Kier molecular flexibility index (Phi) is 12.8. The van der Waals surface area contributed by atoms with Crippen LogP contribution in [0.4, 0.5) is 0 Å². The van der Waals surface area contributed by atoms with Crippen molar-refractivity contribution >= 4 is 38.2 Å². The Hall–Kier alpha value is -7.42. The molecule has 0 saturated carbocycles. The fourth-order valence-corrected chi connectivity index (χ4v) is 13.5. The van der Waals surface area contributed by atoms with Crippen LogP contribution in [0.15, 0.2) is 170 Å². The summed E-state index contributed by atoms with van der Waals surface area (Å²) in [6.45, 7) is 24.5. The predicted molar refractivity (Wildman–Crippen MR) is 330 cm³/mol. The maximum atomic E-state index is 9.99. The second-order valence-electron chi connectivity index (χ2n) is 25.6. The molecule has 2 unspecified atom stereocenters. The SMILES string of the molecule is CC1(C)OB(B2OC(C)(C)C(C)(C)O2)OC1(C)C.CC1(C)OB(c2cccc3c2-c2ccccc2C32c3ccccc3Oc3c(C#N)cccc32)OC1(C)C.N#Cc1cccc2c1Oc1ccccc1C21c2ccccc2-c2c(Cl)cccc21. The molecule has 10 nitrogen and oxygen atoms in total. The van der Waals surface area contributed by atoms with E-state index in [1.54, 1.807) is 6.07 Å². The molecule has 2 aliphatic carbocycles. The molecule has 5 heterocycles. The lowest BCUT2D eigenvalue weighted by atomic mass is 9.49. The average Bonchev–Trinajstić information content (AvgIpc) is 1.47. The van der Waals surface area contributed by atoms with Crippen molar-refractivity contribution < 1.29 is 37.4 Å². The molecule has 0 amide bonds. The molecule has 0 bridgehead atoms. The van der Waals surface area contributed by atoms with Gasteiger partial charge in [-0.1, -0.05) is 151 Å². The molecule has 0 aromatic heterocycles. The minimum Gasteiger partial charge on any atom is -0.455 e. The number of ether oxygens (including phenoxy) is 2. The van der Waals surface area contributed by atoms with E-state index in [1.165, 1.54) is 5.56 Å². The van der Waals surface area contributed by atoms with E-state index in [0.29, 0.717) is 22.6 Å². The van der Waals surface area contributed by atoms with Gasteiger partial charge in [-0.25, -0.2) is 0 Å². The molecule has 7 aliphatic rings. The summed E-state index contributed by atoms with van der Waals surface area (Å²) in [5, 5.41) is 20.5. The first-order valence-corrected chi connectivity index (χ1v) is 29.1. The van der Waals surface area contributed by atoms with Crippen LogP contribution >= 0.6 is 11.6 Å². The fourth-order valence-electron chi connectivity index (χ4n) is 13.3. The van der Waals surface area contributed by atoms with E-state index in [1.807, 2.05) is 122 Å². The highest BCUT2D eigenvalue weighted by atomic mass is 35.5. The fraction of sp³-hybridized carbons (Fsp3) is 0.286. The van der Waals surface area contributed by atoms with Crippen LogP contribution in [0.5, 0.6) is 23.0 Å². The Bertz CT molecular complexity index is 4040. The van der Waals surface area contributed by atoms with Gasteiger partial charge in [-0.05, 0) is 158 Å². The third kappa shape index (κ3) is 7.94. The lowest BCUT2D eigenvalue weighted by Crippen LogP contribution is -2.41. The van der Waals surface area contributed by atoms with E-state index >= 15 is 0 Å². The molecule has 84 heavy (non-hydrogen) atoms. The normalized spacial score (nSPS) is 22.3. The van der Waals surface area contributed by atoms with Crippen molar-refractivity contribution in [1.29, 1.82) is 10.5 Å². The van der Waals surface area contributed by atoms with Gasteiger partial charge in [0.1, 0.15) is 35.1 Å². The molecule has 0 radical (unpaired) electrons. The monoisotopic (exact) mass is 1130 g/mol. The van der Waals surface area contributed by atoms with Gasteiger partial charge in [-0.3, -0.25) is 0 Å². The number of para-hydroxylation sites is 4. The van der Waals surface area contributed by atoms with Crippen LogP contribution in [0.3, 0.4) is 0 Å². The highest BCUT2D eigenvalue weighted by Crippen LogP contribution is 2.65. The number of halogens is 1. The van der Waals surface area contributed by atoms with Crippen molar-refractivity contribution in [3.63, 3.8) is 0 Å². The van der Waals surface area contributed by atoms with Gasteiger partial charge < -0.3 is 37.4 Å². The van der Waals surface area contributed by atoms with Crippen LogP contribution in [0.25, 0.3) is 22.3 Å². The number of nitrogens with zero attached hydrogens (tertiary/aromatic N) is 2. The van der Waals surface area contributed by atoms with Gasteiger partial charge in [0.25, 0.3) is 0 Å². The molecular weight excluding hydrogens is 1060 g/mol. The minimum absolute atomic E-state index is 0.360. The Labute approximate surface area is 498 Å².